The number of hydrogen-bond acceptors (Lipinski definition) is 6. The van der Waals surface area contributed by atoms with Gasteiger partial charge in [0, 0.05) is 36.3 Å². The lowest BCUT2D eigenvalue weighted by molar-refractivity contribution is -0.141. The Balaban J connectivity index is 1.44. The molecule has 3 N–H and O–H groups in total. The van der Waals surface area contributed by atoms with Crippen LogP contribution in [-0.4, -0.2) is 61.1 Å². The van der Waals surface area contributed by atoms with Gasteiger partial charge in [-0.25, -0.2) is 17.9 Å². The number of urea groups is 1. The minimum absolute atomic E-state index is 0.0272. The van der Waals surface area contributed by atoms with Gasteiger partial charge in [0.15, 0.2) is 0 Å². The molecule has 1 saturated heterocycles. The Morgan fingerprint density at radius 3 is 2.56 bits per heavy atom. The number of para-hydroxylation sites is 1. The summed E-state index contributed by atoms with van der Waals surface area (Å²) in [5, 5.41) is 13.1. The van der Waals surface area contributed by atoms with Gasteiger partial charge in [-0.2, -0.15) is 0 Å². The molecule has 11 heteroatoms. The van der Waals surface area contributed by atoms with E-state index in [1.807, 2.05) is 37.3 Å². The predicted octanol–water partition coefficient (Wildman–Crippen LogP) is 2.52. The van der Waals surface area contributed by atoms with Crippen molar-refractivity contribution in [2.75, 3.05) is 19.6 Å². The SMILES string of the molecule is CCNC(=O)N1C[C@H](C(=O)O)[C@H](NS(=O)(=O)c2ccc(OCc3cc(C)nc4ccccc34)cc2)C1. The highest BCUT2D eigenvalue weighted by atomic mass is 32.2. The van der Waals surface area contributed by atoms with Crippen LogP contribution in [0.5, 0.6) is 5.75 Å². The minimum Gasteiger partial charge on any atom is -0.489 e. The van der Waals surface area contributed by atoms with Crippen LogP contribution in [0.2, 0.25) is 0 Å². The fourth-order valence-electron chi connectivity index (χ4n) is 4.26. The number of carbonyl (C=O) groups is 2. The molecule has 0 saturated carbocycles. The maximum absolute atomic E-state index is 13.0. The van der Waals surface area contributed by atoms with Crippen molar-refractivity contribution in [3.8, 4) is 5.75 Å². The number of carboxylic acid groups (broad SMARTS) is 1. The van der Waals surface area contributed by atoms with Crippen molar-refractivity contribution in [2.24, 2.45) is 5.92 Å². The number of carbonyl (C=O) groups excluding carboxylic acids is 1. The van der Waals surface area contributed by atoms with Gasteiger partial charge in [-0.1, -0.05) is 18.2 Å². The number of hydrogen-bond donors (Lipinski definition) is 3. The zero-order chi connectivity index (χ0) is 25.9. The van der Waals surface area contributed by atoms with E-state index in [2.05, 4.69) is 15.0 Å². The number of ether oxygens (including phenoxy) is 1. The number of carboxylic acids is 1. The molecule has 10 nitrogen and oxygen atoms in total. The Morgan fingerprint density at radius 1 is 1.14 bits per heavy atom. The van der Waals surface area contributed by atoms with Crippen molar-refractivity contribution >= 4 is 32.9 Å². The lowest BCUT2D eigenvalue weighted by Crippen LogP contribution is -2.43. The first-order chi connectivity index (χ1) is 17.2. The third kappa shape index (κ3) is 5.58. The van der Waals surface area contributed by atoms with E-state index in [0.29, 0.717) is 12.3 Å². The minimum atomic E-state index is -4.03. The number of fused-ring (bicyclic) bond motifs is 1. The van der Waals surface area contributed by atoms with Crippen molar-refractivity contribution in [3.63, 3.8) is 0 Å². The number of aryl methyl sites for hydroxylation is 1. The average Bonchev–Trinajstić information content (AvgIpc) is 3.26. The van der Waals surface area contributed by atoms with Gasteiger partial charge in [0.25, 0.3) is 0 Å². The molecule has 1 aliphatic heterocycles. The fourth-order valence-corrected chi connectivity index (χ4v) is 5.53. The largest absolute Gasteiger partial charge is 0.489 e. The molecule has 4 rings (SSSR count). The second-order valence-corrected chi connectivity index (χ2v) is 10.3. The summed E-state index contributed by atoms with van der Waals surface area (Å²) in [5.41, 5.74) is 2.71. The van der Waals surface area contributed by atoms with Gasteiger partial charge < -0.3 is 20.1 Å². The van der Waals surface area contributed by atoms with E-state index in [4.69, 9.17) is 4.74 Å². The van der Waals surface area contributed by atoms with Crippen molar-refractivity contribution in [1.29, 1.82) is 0 Å². The summed E-state index contributed by atoms with van der Waals surface area (Å²) < 4.78 is 34.3. The molecule has 0 aliphatic carbocycles. The van der Waals surface area contributed by atoms with Crippen LogP contribution < -0.4 is 14.8 Å². The van der Waals surface area contributed by atoms with Crippen LogP contribution in [0.3, 0.4) is 0 Å². The number of likely N-dealkylation sites (tertiary alicyclic amines) is 1. The third-order valence-corrected chi connectivity index (χ3v) is 7.52. The number of nitrogens with one attached hydrogen (secondary N) is 2. The summed E-state index contributed by atoms with van der Waals surface area (Å²) in [5.74, 6) is -1.74. The van der Waals surface area contributed by atoms with E-state index in [1.165, 1.54) is 17.0 Å². The zero-order valence-electron chi connectivity index (χ0n) is 20.0. The van der Waals surface area contributed by atoms with Crippen molar-refractivity contribution in [2.45, 2.75) is 31.4 Å². The normalized spacial score (nSPS) is 17.8. The summed E-state index contributed by atoms with van der Waals surface area (Å²) in [6.07, 6.45) is 0. The van der Waals surface area contributed by atoms with Gasteiger partial charge in [0.2, 0.25) is 10.0 Å². The number of aromatic nitrogens is 1. The first-order valence-electron chi connectivity index (χ1n) is 11.5. The molecular formula is C25H28N4O6S. The van der Waals surface area contributed by atoms with Gasteiger partial charge in [-0.15, -0.1) is 0 Å². The summed E-state index contributed by atoms with van der Waals surface area (Å²) in [4.78, 5) is 29.6. The van der Waals surface area contributed by atoms with E-state index in [9.17, 15) is 23.1 Å². The van der Waals surface area contributed by atoms with Gasteiger partial charge in [-0.05, 0) is 50.2 Å². The number of sulfonamides is 1. The van der Waals surface area contributed by atoms with Crippen molar-refractivity contribution in [3.05, 3.63) is 65.9 Å². The van der Waals surface area contributed by atoms with E-state index < -0.39 is 34.0 Å². The molecule has 190 valence electrons. The molecule has 3 aromatic rings. The summed E-state index contributed by atoms with van der Waals surface area (Å²) in [7, 11) is -4.03. The maximum Gasteiger partial charge on any atom is 0.317 e. The second kappa shape index (κ2) is 10.5. The molecule has 36 heavy (non-hydrogen) atoms. The molecule has 0 radical (unpaired) electrons. The Labute approximate surface area is 209 Å². The lowest BCUT2D eigenvalue weighted by atomic mass is 10.1. The Hall–Kier alpha value is -3.70. The van der Waals surface area contributed by atoms with Gasteiger partial charge in [0.05, 0.1) is 22.4 Å². The van der Waals surface area contributed by atoms with Crippen LogP contribution in [0.15, 0.2) is 59.5 Å². The topological polar surface area (TPSA) is 138 Å². The lowest BCUT2D eigenvalue weighted by Gasteiger charge is -2.18. The Kier molecular flexibility index (Phi) is 7.41. The Morgan fingerprint density at radius 2 is 1.86 bits per heavy atom. The number of benzene rings is 2. The number of nitrogens with zero attached hydrogens (tertiary/aromatic N) is 2. The monoisotopic (exact) mass is 512 g/mol. The van der Waals surface area contributed by atoms with Crippen LogP contribution in [0, 0.1) is 12.8 Å². The maximum atomic E-state index is 13.0. The third-order valence-electron chi connectivity index (χ3n) is 6.02. The molecule has 2 aromatic carbocycles. The highest BCUT2D eigenvalue weighted by Gasteiger charge is 2.41. The van der Waals surface area contributed by atoms with E-state index in [0.717, 1.165) is 22.2 Å². The van der Waals surface area contributed by atoms with Crippen LogP contribution >= 0.6 is 0 Å². The number of pyridine rings is 1. The number of rotatable bonds is 8. The standard InChI is InChI=1S/C25H28N4O6S/c1-3-26-25(32)29-13-21(24(30)31)23(14-29)28-36(33,34)19-10-8-18(9-11-19)35-15-17-12-16(2)27-22-7-5-4-6-20(17)22/h4-12,21,23,28H,3,13-15H2,1-2H3,(H,26,32)(H,30,31)/t21-,23+/m0/s1. The zero-order valence-corrected chi connectivity index (χ0v) is 20.8. The molecule has 0 bridgehead atoms. The summed E-state index contributed by atoms with van der Waals surface area (Å²) >= 11 is 0. The van der Waals surface area contributed by atoms with Crippen LogP contribution in [0.25, 0.3) is 10.9 Å². The fraction of sp³-hybridized carbons (Fsp3) is 0.320. The van der Waals surface area contributed by atoms with Crippen molar-refractivity contribution < 1.29 is 27.9 Å². The molecule has 0 unspecified atom stereocenters. The van der Waals surface area contributed by atoms with Crippen LogP contribution in [-0.2, 0) is 21.4 Å². The molecule has 1 aromatic heterocycles. The quantitative estimate of drug-likeness (QED) is 0.422. The molecule has 1 fully saturated rings. The van der Waals surface area contributed by atoms with Gasteiger partial charge in [0.1, 0.15) is 12.4 Å². The summed E-state index contributed by atoms with van der Waals surface area (Å²) in [6, 6.07) is 14.3. The average molecular weight is 513 g/mol. The highest BCUT2D eigenvalue weighted by Crippen LogP contribution is 2.24. The van der Waals surface area contributed by atoms with Crippen molar-refractivity contribution in [1.82, 2.24) is 19.9 Å². The predicted molar refractivity (Wildman–Crippen MR) is 133 cm³/mol. The molecule has 2 heterocycles. The first kappa shape index (κ1) is 25.4. The highest BCUT2D eigenvalue weighted by molar-refractivity contribution is 7.89. The smallest absolute Gasteiger partial charge is 0.317 e. The molecule has 2 amide bonds. The molecule has 1 aliphatic rings. The molecule has 2 atom stereocenters. The number of amides is 2. The van der Waals surface area contributed by atoms with Gasteiger partial charge >= 0.3 is 12.0 Å². The second-order valence-electron chi connectivity index (χ2n) is 8.61. The van der Waals surface area contributed by atoms with E-state index >= 15 is 0 Å². The summed E-state index contributed by atoms with van der Waals surface area (Å²) in [6.45, 7) is 4.21. The Bertz CT molecular complexity index is 1380. The molecular weight excluding hydrogens is 484 g/mol. The number of aliphatic carboxylic acids is 1. The molecule has 0 spiro atoms. The van der Waals surface area contributed by atoms with Crippen LogP contribution in [0.1, 0.15) is 18.2 Å². The first-order valence-corrected chi connectivity index (χ1v) is 13.0. The van der Waals surface area contributed by atoms with Gasteiger partial charge in [-0.3, -0.25) is 9.78 Å². The van der Waals surface area contributed by atoms with E-state index in [1.54, 1.807) is 19.1 Å². The van der Waals surface area contributed by atoms with E-state index in [-0.39, 0.29) is 24.6 Å². The van der Waals surface area contributed by atoms with Crippen LogP contribution in [0.4, 0.5) is 4.79 Å².